The normalized spacial score (nSPS) is 11.3. The number of fused-ring (bicyclic) bond motifs is 1. The van der Waals surface area contributed by atoms with Crippen molar-refractivity contribution in [1.82, 2.24) is 9.97 Å². The summed E-state index contributed by atoms with van der Waals surface area (Å²) in [6.45, 7) is 2.68. The van der Waals surface area contributed by atoms with Crippen molar-refractivity contribution in [3.05, 3.63) is 54.4 Å². The molecule has 2 aromatic heterocycles. The minimum Gasteiger partial charge on any atom is -0.504 e. The van der Waals surface area contributed by atoms with Crippen LogP contribution < -0.4 is 9.47 Å². The molecule has 2 aromatic carbocycles. The number of phenols is 1. The van der Waals surface area contributed by atoms with Crippen molar-refractivity contribution in [2.75, 3.05) is 13.7 Å². The van der Waals surface area contributed by atoms with Gasteiger partial charge in [0.05, 0.1) is 25.1 Å². The van der Waals surface area contributed by atoms with Gasteiger partial charge in [-0.2, -0.15) is 5.11 Å². The van der Waals surface area contributed by atoms with Gasteiger partial charge in [-0.05, 0) is 36.8 Å². The van der Waals surface area contributed by atoms with Gasteiger partial charge < -0.3 is 19.7 Å². The average molecular weight is 436 g/mol. The maximum absolute atomic E-state index is 10.8. The number of thiophene rings is 1. The summed E-state index contributed by atoms with van der Waals surface area (Å²) in [5, 5.41) is 29.1. The van der Waals surface area contributed by atoms with Gasteiger partial charge in [-0.15, -0.1) is 16.5 Å². The van der Waals surface area contributed by atoms with Crippen molar-refractivity contribution in [2.24, 2.45) is 10.2 Å². The predicted octanol–water partition coefficient (Wildman–Crippen LogP) is 5.46. The number of ether oxygens (including phenoxy) is 2. The smallest absolute Gasteiger partial charge is 0.195 e. The highest BCUT2D eigenvalue weighted by Gasteiger charge is 2.20. The van der Waals surface area contributed by atoms with E-state index in [1.807, 2.05) is 31.2 Å². The number of nitrogens with zero attached hydrogens (tertiary/aromatic N) is 4. The number of aromatic hydroxyl groups is 2. The van der Waals surface area contributed by atoms with E-state index in [4.69, 9.17) is 9.47 Å². The van der Waals surface area contributed by atoms with E-state index in [0.717, 1.165) is 11.1 Å². The molecule has 0 atom stereocenters. The Balaban J connectivity index is 1.67. The van der Waals surface area contributed by atoms with E-state index < -0.39 is 0 Å². The van der Waals surface area contributed by atoms with Crippen LogP contribution in [-0.2, 0) is 6.54 Å². The van der Waals surface area contributed by atoms with Crippen LogP contribution in [0.2, 0.25) is 0 Å². The number of rotatable bonds is 7. The van der Waals surface area contributed by atoms with Gasteiger partial charge in [0.1, 0.15) is 22.3 Å². The molecule has 0 fully saturated rings. The second-order valence-corrected chi connectivity index (χ2v) is 7.51. The Bertz CT molecular complexity index is 1260. The second-order valence-electron chi connectivity index (χ2n) is 6.49. The molecule has 31 heavy (non-hydrogen) atoms. The first kappa shape index (κ1) is 20.5. The maximum atomic E-state index is 10.8. The Kier molecular flexibility index (Phi) is 5.94. The Hall–Kier alpha value is -3.72. The summed E-state index contributed by atoms with van der Waals surface area (Å²) in [4.78, 5) is 9.07. The molecule has 0 unspecified atom stereocenters. The number of azo groups is 1. The number of aromatic nitrogens is 2. The predicted molar refractivity (Wildman–Crippen MR) is 119 cm³/mol. The van der Waals surface area contributed by atoms with Crippen molar-refractivity contribution in [1.29, 1.82) is 0 Å². The monoisotopic (exact) mass is 436 g/mol. The Morgan fingerprint density at radius 1 is 1.06 bits per heavy atom. The lowest BCUT2D eigenvalue weighted by Gasteiger charge is -2.08. The summed E-state index contributed by atoms with van der Waals surface area (Å²) < 4.78 is 11.4. The SMILES string of the molecule is CCOc1ccccc1-c1sc2c(N=NCc3ccc(OC)c(O)c3)ncnc2c1O. The van der Waals surface area contributed by atoms with E-state index in [9.17, 15) is 10.2 Å². The van der Waals surface area contributed by atoms with E-state index in [2.05, 4.69) is 20.2 Å². The van der Waals surface area contributed by atoms with Gasteiger partial charge in [0.25, 0.3) is 0 Å². The zero-order valence-electron chi connectivity index (χ0n) is 16.9. The molecule has 0 aliphatic rings. The number of phenolic OH excluding ortho intramolecular Hbond substituents is 1. The van der Waals surface area contributed by atoms with Crippen LogP contribution in [0.5, 0.6) is 23.0 Å². The molecule has 0 spiro atoms. The molecule has 0 aliphatic carbocycles. The quantitative estimate of drug-likeness (QED) is 0.372. The highest BCUT2D eigenvalue weighted by Crippen LogP contribution is 2.47. The van der Waals surface area contributed by atoms with Crippen molar-refractivity contribution in [3.8, 4) is 33.4 Å². The van der Waals surface area contributed by atoms with Gasteiger partial charge in [-0.1, -0.05) is 18.2 Å². The standard InChI is InChI=1S/C22H20N4O4S/c1-3-30-16-7-5-4-6-14(16)20-19(28)18-21(31-20)22(24-12-23-18)26-25-11-13-8-9-17(29-2)15(27)10-13/h4-10,12,27-28H,3,11H2,1-2H3. The van der Waals surface area contributed by atoms with Gasteiger partial charge in [0.15, 0.2) is 23.1 Å². The lowest BCUT2D eigenvalue weighted by atomic mass is 10.1. The summed E-state index contributed by atoms with van der Waals surface area (Å²) in [6.07, 6.45) is 1.35. The minimum atomic E-state index is 0.0420. The molecule has 0 aliphatic heterocycles. The van der Waals surface area contributed by atoms with E-state index >= 15 is 0 Å². The fraction of sp³-hybridized carbons (Fsp3) is 0.182. The van der Waals surface area contributed by atoms with Crippen LogP contribution in [0.15, 0.2) is 59.0 Å². The van der Waals surface area contributed by atoms with E-state index in [-0.39, 0.29) is 18.0 Å². The number of para-hydroxylation sites is 1. The molecule has 4 aromatic rings. The van der Waals surface area contributed by atoms with Crippen molar-refractivity contribution in [3.63, 3.8) is 0 Å². The molecular formula is C22H20N4O4S. The zero-order chi connectivity index (χ0) is 21.8. The highest BCUT2D eigenvalue weighted by atomic mass is 32.1. The molecule has 2 heterocycles. The van der Waals surface area contributed by atoms with Crippen molar-refractivity contribution < 1.29 is 19.7 Å². The molecule has 0 radical (unpaired) electrons. The molecule has 158 valence electrons. The van der Waals surface area contributed by atoms with Crippen molar-refractivity contribution in [2.45, 2.75) is 13.5 Å². The first-order valence-electron chi connectivity index (χ1n) is 9.54. The van der Waals surface area contributed by atoms with Gasteiger partial charge in [-0.25, -0.2) is 9.97 Å². The molecule has 0 bridgehead atoms. The van der Waals surface area contributed by atoms with E-state index in [1.165, 1.54) is 24.8 Å². The largest absolute Gasteiger partial charge is 0.504 e. The third-order valence-corrected chi connectivity index (χ3v) is 5.72. The summed E-state index contributed by atoms with van der Waals surface area (Å²) in [5.41, 5.74) is 1.96. The number of hydrogen-bond acceptors (Lipinski definition) is 9. The first-order chi connectivity index (χ1) is 15.1. The van der Waals surface area contributed by atoms with Gasteiger partial charge in [0, 0.05) is 5.56 Å². The Morgan fingerprint density at radius 3 is 2.68 bits per heavy atom. The minimum absolute atomic E-state index is 0.0420. The fourth-order valence-corrected chi connectivity index (χ4v) is 4.20. The van der Waals surface area contributed by atoms with Crippen molar-refractivity contribution >= 4 is 27.4 Å². The zero-order valence-corrected chi connectivity index (χ0v) is 17.8. The maximum Gasteiger partial charge on any atom is 0.195 e. The van der Waals surface area contributed by atoms with E-state index in [1.54, 1.807) is 18.2 Å². The molecular weight excluding hydrogens is 416 g/mol. The van der Waals surface area contributed by atoms with Gasteiger partial charge >= 0.3 is 0 Å². The fourth-order valence-electron chi connectivity index (χ4n) is 3.09. The number of hydrogen-bond donors (Lipinski definition) is 2. The molecule has 9 heteroatoms. The molecule has 0 saturated carbocycles. The molecule has 0 amide bonds. The first-order valence-corrected chi connectivity index (χ1v) is 10.4. The van der Waals surface area contributed by atoms with Crippen LogP contribution in [0.1, 0.15) is 12.5 Å². The average Bonchev–Trinajstić information content (AvgIpc) is 3.12. The highest BCUT2D eigenvalue weighted by molar-refractivity contribution is 7.23. The third-order valence-electron chi connectivity index (χ3n) is 4.52. The third kappa shape index (κ3) is 4.13. The molecule has 8 nitrogen and oxygen atoms in total. The van der Waals surface area contributed by atoms with Crippen LogP contribution in [0, 0.1) is 0 Å². The Labute approximate surface area is 182 Å². The second kappa shape index (κ2) is 8.97. The van der Waals surface area contributed by atoms with Crippen LogP contribution in [-0.4, -0.2) is 33.9 Å². The number of methoxy groups -OCH3 is 1. The molecule has 2 N–H and O–H groups in total. The lowest BCUT2D eigenvalue weighted by molar-refractivity contribution is 0.341. The van der Waals surface area contributed by atoms with E-state index in [0.29, 0.717) is 39.0 Å². The topological polar surface area (TPSA) is 109 Å². The summed E-state index contributed by atoms with van der Waals surface area (Å²) in [7, 11) is 1.49. The van der Waals surface area contributed by atoms with Gasteiger partial charge in [-0.3, -0.25) is 0 Å². The van der Waals surface area contributed by atoms with Gasteiger partial charge in [0.2, 0.25) is 0 Å². The summed E-state index contributed by atoms with van der Waals surface area (Å²) >= 11 is 1.33. The van der Waals surface area contributed by atoms with Crippen LogP contribution >= 0.6 is 11.3 Å². The lowest BCUT2D eigenvalue weighted by Crippen LogP contribution is -1.92. The summed E-state index contributed by atoms with van der Waals surface area (Å²) in [5.74, 6) is 1.55. The Morgan fingerprint density at radius 2 is 1.90 bits per heavy atom. The van der Waals surface area contributed by atoms with Crippen LogP contribution in [0.4, 0.5) is 5.82 Å². The number of benzene rings is 2. The van der Waals surface area contributed by atoms with Crippen LogP contribution in [0.3, 0.4) is 0 Å². The molecule has 0 saturated heterocycles. The summed E-state index contributed by atoms with van der Waals surface area (Å²) in [6, 6.07) is 12.6. The molecule has 4 rings (SSSR count). The van der Waals surface area contributed by atoms with Crippen LogP contribution in [0.25, 0.3) is 20.7 Å².